The zero-order valence-electron chi connectivity index (χ0n) is 10.5. The number of carbonyl (C=O) groups excluding carboxylic acids is 1. The van der Waals surface area contributed by atoms with Crippen molar-refractivity contribution in [2.24, 2.45) is 7.05 Å². The quantitative estimate of drug-likeness (QED) is 0.884. The molecule has 2 aromatic rings. The molecule has 19 heavy (non-hydrogen) atoms. The standard InChI is InChI=1S/C12H13N3O3S/c1-7(12(17)18)13-11(16)8-6-15(2)14-10(8)9-4-3-5-19-9/h3-7H,1-2H3,(H,13,16)(H,17,18)/t7-/m0/s1. The molecule has 2 heterocycles. The predicted molar refractivity (Wildman–Crippen MR) is 71.1 cm³/mol. The first-order chi connectivity index (χ1) is 8.99. The van der Waals surface area contributed by atoms with E-state index in [9.17, 15) is 9.59 Å². The average Bonchev–Trinajstić information content (AvgIpc) is 2.96. The van der Waals surface area contributed by atoms with Gasteiger partial charge in [-0.2, -0.15) is 5.10 Å². The van der Waals surface area contributed by atoms with Crippen molar-refractivity contribution in [3.8, 4) is 10.6 Å². The summed E-state index contributed by atoms with van der Waals surface area (Å²) in [6.07, 6.45) is 1.58. The number of thiophene rings is 1. The van der Waals surface area contributed by atoms with E-state index in [1.807, 2.05) is 17.5 Å². The van der Waals surface area contributed by atoms with Crippen LogP contribution in [0.5, 0.6) is 0 Å². The maximum absolute atomic E-state index is 12.1. The highest BCUT2D eigenvalue weighted by molar-refractivity contribution is 7.13. The zero-order chi connectivity index (χ0) is 14.0. The van der Waals surface area contributed by atoms with E-state index in [-0.39, 0.29) is 0 Å². The molecule has 0 radical (unpaired) electrons. The van der Waals surface area contributed by atoms with E-state index >= 15 is 0 Å². The molecular weight excluding hydrogens is 266 g/mol. The topological polar surface area (TPSA) is 84.2 Å². The highest BCUT2D eigenvalue weighted by atomic mass is 32.1. The zero-order valence-corrected chi connectivity index (χ0v) is 11.3. The summed E-state index contributed by atoms with van der Waals surface area (Å²) in [4.78, 5) is 23.7. The number of aryl methyl sites for hydroxylation is 1. The molecule has 100 valence electrons. The van der Waals surface area contributed by atoms with Crippen LogP contribution in [0.2, 0.25) is 0 Å². The lowest BCUT2D eigenvalue weighted by Gasteiger charge is -2.08. The van der Waals surface area contributed by atoms with Crippen LogP contribution in [0, 0.1) is 0 Å². The summed E-state index contributed by atoms with van der Waals surface area (Å²) in [6.45, 7) is 1.42. The fourth-order valence-corrected chi connectivity index (χ4v) is 2.31. The molecular formula is C12H13N3O3S. The average molecular weight is 279 g/mol. The Kier molecular flexibility index (Phi) is 3.66. The second-order valence-corrected chi connectivity index (χ2v) is 5.02. The van der Waals surface area contributed by atoms with E-state index in [0.717, 1.165) is 4.88 Å². The van der Waals surface area contributed by atoms with Crippen LogP contribution in [0.4, 0.5) is 0 Å². The number of carboxylic acid groups (broad SMARTS) is 1. The third kappa shape index (κ3) is 2.82. The van der Waals surface area contributed by atoms with Gasteiger partial charge in [-0.1, -0.05) is 6.07 Å². The van der Waals surface area contributed by atoms with Gasteiger partial charge in [0.25, 0.3) is 5.91 Å². The molecule has 0 aromatic carbocycles. The summed E-state index contributed by atoms with van der Waals surface area (Å²) in [5, 5.41) is 17.4. The lowest BCUT2D eigenvalue weighted by Crippen LogP contribution is -2.38. The summed E-state index contributed by atoms with van der Waals surface area (Å²) in [5.41, 5.74) is 0.936. The number of carbonyl (C=O) groups is 2. The SMILES string of the molecule is C[C@H](NC(=O)c1cn(C)nc1-c1cccs1)C(=O)O. The monoisotopic (exact) mass is 279 g/mol. The first-order valence-corrected chi connectivity index (χ1v) is 6.48. The van der Waals surface area contributed by atoms with Crippen molar-refractivity contribution >= 4 is 23.2 Å². The van der Waals surface area contributed by atoms with Crippen molar-refractivity contribution in [2.75, 3.05) is 0 Å². The van der Waals surface area contributed by atoms with Gasteiger partial charge in [0, 0.05) is 13.2 Å². The second kappa shape index (κ2) is 5.23. The first kappa shape index (κ1) is 13.3. The molecule has 1 amide bonds. The van der Waals surface area contributed by atoms with Gasteiger partial charge < -0.3 is 10.4 Å². The number of rotatable bonds is 4. The maximum Gasteiger partial charge on any atom is 0.325 e. The van der Waals surface area contributed by atoms with Crippen LogP contribution in [0.15, 0.2) is 23.7 Å². The van der Waals surface area contributed by atoms with Crippen molar-refractivity contribution in [1.82, 2.24) is 15.1 Å². The Balaban J connectivity index is 2.30. The molecule has 0 aliphatic heterocycles. The van der Waals surface area contributed by atoms with Crippen molar-refractivity contribution < 1.29 is 14.7 Å². The molecule has 2 rings (SSSR count). The molecule has 1 atom stereocenters. The van der Waals surface area contributed by atoms with Crippen molar-refractivity contribution in [3.63, 3.8) is 0 Å². The van der Waals surface area contributed by atoms with Crippen LogP contribution >= 0.6 is 11.3 Å². The number of nitrogens with one attached hydrogen (secondary N) is 1. The Hall–Kier alpha value is -2.15. The minimum Gasteiger partial charge on any atom is -0.480 e. The number of amides is 1. The molecule has 0 bridgehead atoms. The largest absolute Gasteiger partial charge is 0.480 e. The molecule has 7 heteroatoms. The highest BCUT2D eigenvalue weighted by Crippen LogP contribution is 2.26. The van der Waals surface area contributed by atoms with E-state index in [1.165, 1.54) is 22.9 Å². The third-order valence-corrected chi connectivity index (χ3v) is 3.42. The van der Waals surface area contributed by atoms with E-state index in [4.69, 9.17) is 5.11 Å². The van der Waals surface area contributed by atoms with Gasteiger partial charge in [-0.25, -0.2) is 0 Å². The lowest BCUT2D eigenvalue weighted by molar-refractivity contribution is -0.138. The summed E-state index contributed by atoms with van der Waals surface area (Å²) >= 11 is 1.47. The fraction of sp³-hybridized carbons (Fsp3) is 0.250. The Labute approximate surface area is 113 Å². The van der Waals surface area contributed by atoms with Gasteiger partial charge in [-0.05, 0) is 18.4 Å². The van der Waals surface area contributed by atoms with E-state index < -0.39 is 17.9 Å². The molecule has 0 spiro atoms. The van der Waals surface area contributed by atoms with Crippen LogP contribution in [-0.4, -0.2) is 32.8 Å². The molecule has 0 fully saturated rings. The molecule has 2 N–H and O–H groups in total. The van der Waals surface area contributed by atoms with E-state index in [2.05, 4.69) is 10.4 Å². The highest BCUT2D eigenvalue weighted by Gasteiger charge is 2.21. The number of carboxylic acids is 1. The number of aromatic nitrogens is 2. The smallest absolute Gasteiger partial charge is 0.325 e. The third-order valence-electron chi connectivity index (χ3n) is 2.55. The van der Waals surface area contributed by atoms with Gasteiger partial charge in [0.2, 0.25) is 0 Å². The Bertz CT molecular complexity index is 604. The van der Waals surface area contributed by atoms with Gasteiger partial charge in [-0.15, -0.1) is 11.3 Å². The van der Waals surface area contributed by atoms with Crippen LogP contribution in [-0.2, 0) is 11.8 Å². The van der Waals surface area contributed by atoms with Gasteiger partial charge in [-0.3, -0.25) is 14.3 Å². The Morgan fingerprint density at radius 1 is 1.53 bits per heavy atom. The van der Waals surface area contributed by atoms with Crippen molar-refractivity contribution in [3.05, 3.63) is 29.3 Å². The second-order valence-electron chi connectivity index (χ2n) is 4.08. The van der Waals surface area contributed by atoms with E-state index in [0.29, 0.717) is 11.3 Å². The number of aliphatic carboxylic acids is 1. The van der Waals surface area contributed by atoms with E-state index in [1.54, 1.807) is 13.2 Å². The minimum absolute atomic E-state index is 0.373. The predicted octanol–water partition coefficient (Wildman–Crippen LogP) is 1.35. The summed E-state index contributed by atoms with van der Waals surface area (Å²) in [6, 6.07) is 2.80. The molecule has 0 saturated heterocycles. The lowest BCUT2D eigenvalue weighted by atomic mass is 10.2. The van der Waals surface area contributed by atoms with Gasteiger partial charge in [0.15, 0.2) is 0 Å². The van der Waals surface area contributed by atoms with Crippen LogP contribution in [0.3, 0.4) is 0 Å². The number of nitrogens with zero attached hydrogens (tertiary/aromatic N) is 2. The van der Waals surface area contributed by atoms with Gasteiger partial charge >= 0.3 is 5.97 Å². The van der Waals surface area contributed by atoms with Crippen LogP contribution in [0.1, 0.15) is 17.3 Å². The van der Waals surface area contributed by atoms with Crippen LogP contribution in [0.25, 0.3) is 10.6 Å². The maximum atomic E-state index is 12.1. The normalized spacial score (nSPS) is 12.1. The molecule has 0 aliphatic rings. The van der Waals surface area contributed by atoms with Crippen molar-refractivity contribution in [2.45, 2.75) is 13.0 Å². The molecule has 0 saturated carbocycles. The fourth-order valence-electron chi connectivity index (χ4n) is 1.59. The summed E-state index contributed by atoms with van der Waals surface area (Å²) in [7, 11) is 1.72. The first-order valence-electron chi connectivity index (χ1n) is 5.60. The summed E-state index contributed by atoms with van der Waals surface area (Å²) in [5.74, 6) is -1.51. The Morgan fingerprint density at radius 2 is 2.26 bits per heavy atom. The number of hydrogen-bond donors (Lipinski definition) is 2. The Morgan fingerprint density at radius 3 is 2.84 bits per heavy atom. The van der Waals surface area contributed by atoms with Crippen molar-refractivity contribution in [1.29, 1.82) is 0 Å². The number of hydrogen-bond acceptors (Lipinski definition) is 4. The molecule has 6 nitrogen and oxygen atoms in total. The van der Waals surface area contributed by atoms with Gasteiger partial charge in [0.05, 0.1) is 10.4 Å². The van der Waals surface area contributed by atoms with Crippen LogP contribution < -0.4 is 5.32 Å². The van der Waals surface area contributed by atoms with Gasteiger partial charge in [0.1, 0.15) is 11.7 Å². The minimum atomic E-state index is -1.07. The molecule has 0 aliphatic carbocycles. The summed E-state index contributed by atoms with van der Waals surface area (Å²) < 4.78 is 1.54. The molecule has 2 aromatic heterocycles. The molecule has 0 unspecified atom stereocenters.